The highest BCUT2D eigenvalue weighted by Gasteiger charge is 2.06. The molecule has 0 saturated heterocycles. The Hall–Kier alpha value is -0.970. The highest BCUT2D eigenvalue weighted by Crippen LogP contribution is 2.06. The first-order valence-corrected chi connectivity index (χ1v) is 5.82. The van der Waals surface area contributed by atoms with Crippen LogP contribution in [-0.2, 0) is 0 Å². The van der Waals surface area contributed by atoms with Crippen molar-refractivity contribution in [3.63, 3.8) is 0 Å². The minimum atomic E-state index is -1.03. The van der Waals surface area contributed by atoms with Crippen molar-refractivity contribution in [1.29, 1.82) is 0 Å². The molecule has 0 bridgehead atoms. The third-order valence-electron chi connectivity index (χ3n) is 2.24. The predicted molar refractivity (Wildman–Crippen MR) is 65.5 cm³/mol. The van der Waals surface area contributed by atoms with E-state index < -0.39 is 4.44 Å². The Morgan fingerprint density at radius 2 is 2.00 bits per heavy atom. The quantitative estimate of drug-likeness (QED) is 0.325. The Morgan fingerprint density at radius 3 is 2.44 bits per heavy atom. The summed E-state index contributed by atoms with van der Waals surface area (Å²) in [5.41, 5.74) is 0. The molecule has 0 aromatic heterocycles. The zero-order chi connectivity index (χ0) is 12.4. The lowest BCUT2D eigenvalue weighted by Crippen LogP contribution is -2.23. The van der Waals surface area contributed by atoms with Gasteiger partial charge in [0.05, 0.1) is 6.67 Å². The summed E-state index contributed by atoms with van der Waals surface area (Å²) in [4.78, 5) is 13.1. The lowest BCUT2D eigenvalue weighted by atomic mass is 10.2. The van der Waals surface area contributed by atoms with Crippen molar-refractivity contribution in [3.8, 4) is 0 Å². The molecule has 16 heavy (non-hydrogen) atoms. The molecular formula is C10H20ClN3O2. The van der Waals surface area contributed by atoms with E-state index >= 15 is 0 Å². The summed E-state index contributed by atoms with van der Waals surface area (Å²) < 4.78 is -1.03. The van der Waals surface area contributed by atoms with E-state index in [9.17, 15) is 0 Å². The SMILES string of the molecule is CCCCCCN1C=CN(C)C1.O=[N+]([O-])Cl. The molecule has 0 radical (unpaired) electrons. The van der Waals surface area contributed by atoms with Gasteiger partial charge in [-0.1, -0.05) is 26.2 Å². The monoisotopic (exact) mass is 249 g/mol. The molecule has 1 aliphatic heterocycles. The lowest BCUT2D eigenvalue weighted by molar-refractivity contribution is -0.310. The fourth-order valence-electron chi connectivity index (χ4n) is 1.48. The Morgan fingerprint density at radius 1 is 1.38 bits per heavy atom. The number of unbranched alkanes of at least 4 members (excludes halogenated alkanes) is 3. The van der Waals surface area contributed by atoms with Crippen LogP contribution in [0.25, 0.3) is 0 Å². The van der Waals surface area contributed by atoms with Gasteiger partial charge in [0, 0.05) is 26.0 Å². The van der Waals surface area contributed by atoms with Gasteiger partial charge in [0.25, 0.3) is 0 Å². The van der Waals surface area contributed by atoms with Crippen LogP contribution >= 0.6 is 11.8 Å². The van der Waals surface area contributed by atoms with E-state index in [2.05, 4.69) is 47.9 Å². The van der Waals surface area contributed by atoms with Crippen LogP contribution in [-0.4, -0.2) is 34.5 Å². The molecule has 0 aromatic carbocycles. The van der Waals surface area contributed by atoms with Gasteiger partial charge >= 0.3 is 11.8 Å². The van der Waals surface area contributed by atoms with Crippen molar-refractivity contribution in [1.82, 2.24) is 9.80 Å². The van der Waals surface area contributed by atoms with Crippen LogP contribution in [0.15, 0.2) is 12.4 Å². The van der Waals surface area contributed by atoms with Gasteiger partial charge in [-0.3, -0.25) is 0 Å². The number of halogens is 1. The summed E-state index contributed by atoms with van der Waals surface area (Å²) >= 11 is 4.00. The van der Waals surface area contributed by atoms with Crippen LogP contribution in [0.3, 0.4) is 0 Å². The van der Waals surface area contributed by atoms with Crippen LogP contribution in [0, 0.1) is 10.1 Å². The minimum Gasteiger partial charge on any atom is -0.362 e. The zero-order valence-corrected chi connectivity index (χ0v) is 10.7. The van der Waals surface area contributed by atoms with Crippen molar-refractivity contribution in [2.45, 2.75) is 32.6 Å². The van der Waals surface area contributed by atoms with Crippen LogP contribution in [0.1, 0.15) is 32.6 Å². The molecule has 1 heterocycles. The van der Waals surface area contributed by atoms with E-state index in [1.165, 1.54) is 32.2 Å². The van der Waals surface area contributed by atoms with Gasteiger partial charge in [0.1, 0.15) is 0 Å². The molecular weight excluding hydrogens is 230 g/mol. The zero-order valence-electron chi connectivity index (χ0n) is 9.93. The molecule has 94 valence electrons. The first-order chi connectivity index (χ1) is 7.56. The summed E-state index contributed by atoms with van der Waals surface area (Å²) in [5.74, 6) is 0. The number of hydrogen-bond donors (Lipinski definition) is 0. The number of hydrogen-bond acceptors (Lipinski definition) is 4. The topological polar surface area (TPSA) is 49.6 Å². The van der Waals surface area contributed by atoms with Crippen molar-refractivity contribution in [2.24, 2.45) is 0 Å². The van der Waals surface area contributed by atoms with Crippen LogP contribution in [0.4, 0.5) is 0 Å². The number of nitrogens with zero attached hydrogens (tertiary/aromatic N) is 3. The van der Waals surface area contributed by atoms with E-state index in [1.807, 2.05) is 0 Å². The van der Waals surface area contributed by atoms with Gasteiger partial charge in [-0.05, 0) is 6.42 Å². The van der Waals surface area contributed by atoms with E-state index in [4.69, 9.17) is 10.1 Å². The molecule has 0 aliphatic carbocycles. The molecule has 0 unspecified atom stereocenters. The largest absolute Gasteiger partial charge is 0.362 e. The average Bonchev–Trinajstić information content (AvgIpc) is 2.58. The van der Waals surface area contributed by atoms with Gasteiger partial charge in [0.2, 0.25) is 0 Å². The predicted octanol–water partition coefficient (Wildman–Crippen LogP) is 2.66. The fraction of sp³-hybridized carbons (Fsp3) is 0.800. The van der Waals surface area contributed by atoms with Crippen LogP contribution in [0.5, 0.6) is 0 Å². The van der Waals surface area contributed by atoms with Crippen molar-refractivity contribution in [2.75, 3.05) is 20.3 Å². The highest BCUT2D eigenvalue weighted by molar-refractivity contribution is 6.04. The van der Waals surface area contributed by atoms with Gasteiger partial charge in [-0.25, -0.2) is 10.1 Å². The maximum absolute atomic E-state index is 8.57. The molecule has 5 nitrogen and oxygen atoms in total. The molecule has 0 aromatic rings. The normalized spacial score (nSPS) is 13.7. The van der Waals surface area contributed by atoms with Crippen molar-refractivity contribution < 1.29 is 4.44 Å². The van der Waals surface area contributed by atoms with E-state index in [0.29, 0.717) is 0 Å². The molecule has 0 spiro atoms. The van der Waals surface area contributed by atoms with Crippen LogP contribution < -0.4 is 0 Å². The molecule has 0 atom stereocenters. The number of nitro groups is 1. The third kappa shape index (κ3) is 9.58. The molecule has 0 fully saturated rings. The van der Waals surface area contributed by atoms with Gasteiger partial charge in [0.15, 0.2) is 4.44 Å². The Labute approximate surface area is 102 Å². The minimum absolute atomic E-state index is 1.03. The second-order valence-electron chi connectivity index (χ2n) is 3.78. The summed E-state index contributed by atoms with van der Waals surface area (Å²) in [6.07, 6.45) is 9.76. The van der Waals surface area contributed by atoms with Crippen LogP contribution in [0.2, 0.25) is 0 Å². The number of rotatable bonds is 5. The highest BCUT2D eigenvalue weighted by atomic mass is 35.5. The summed E-state index contributed by atoms with van der Waals surface area (Å²) in [5, 5.41) is 8.57. The molecule has 1 aliphatic rings. The Kier molecular flexibility index (Phi) is 8.71. The van der Waals surface area contributed by atoms with Gasteiger partial charge < -0.3 is 9.80 Å². The van der Waals surface area contributed by atoms with E-state index in [-0.39, 0.29) is 0 Å². The average molecular weight is 250 g/mol. The smallest absolute Gasteiger partial charge is 0.333 e. The second-order valence-corrected chi connectivity index (χ2v) is 4.06. The van der Waals surface area contributed by atoms with Gasteiger partial charge in [-0.15, -0.1) is 0 Å². The Bertz CT molecular complexity index is 220. The molecule has 0 N–H and O–H groups in total. The van der Waals surface area contributed by atoms with E-state index in [0.717, 1.165) is 6.67 Å². The first-order valence-electron chi connectivity index (χ1n) is 5.49. The molecule has 6 heteroatoms. The van der Waals surface area contributed by atoms with Crippen molar-refractivity contribution in [3.05, 3.63) is 22.5 Å². The summed E-state index contributed by atoms with van der Waals surface area (Å²) in [6, 6.07) is 0. The standard InChI is InChI=1S/C10H20N2.ClNO2/c1-3-4-5-6-7-12-9-8-11(2)10-12;1-2(3)4/h8-9H,3-7,10H2,1-2H3;. The summed E-state index contributed by atoms with van der Waals surface area (Å²) in [7, 11) is 2.11. The molecule has 0 saturated carbocycles. The maximum atomic E-state index is 8.57. The Balaban J connectivity index is 0.000000487. The fourth-order valence-corrected chi connectivity index (χ4v) is 1.48. The van der Waals surface area contributed by atoms with Gasteiger partial charge in [-0.2, -0.15) is 0 Å². The second kappa shape index (κ2) is 9.27. The first kappa shape index (κ1) is 15.0. The van der Waals surface area contributed by atoms with E-state index in [1.54, 1.807) is 0 Å². The maximum Gasteiger partial charge on any atom is 0.333 e. The summed E-state index contributed by atoms with van der Waals surface area (Å²) in [6.45, 7) is 4.55. The molecule has 0 amide bonds. The lowest BCUT2D eigenvalue weighted by Gasteiger charge is -2.17. The molecule has 1 rings (SSSR count). The van der Waals surface area contributed by atoms with Crippen molar-refractivity contribution >= 4 is 11.8 Å². The third-order valence-corrected chi connectivity index (χ3v) is 2.24.